The van der Waals surface area contributed by atoms with Crippen molar-refractivity contribution >= 4 is 34.1 Å². The standard InChI is InChI=1S/C24H28ClN5O/c1-15(2)21(26)24(31)29-12-13-30(16(3)14-29)23-20-7-5-4-6-19(20)22(27-28-23)17-8-10-18(25)11-9-17/h4-11,15-16,21H,12-14,26H2,1-3H3/t16-,21-/m0/s1. The molecule has 2 atom stereocenters. The Morgan fingerprint density at radius 2 is 1.74 bits per heavy atom. The second-order valence-corrected chi connectivity index (χ2v) is 8.96. The summed E-state index contributed by atoms with van der Waals surface area (Å²) in [5, 5.41) is 12.0. The molecular weight excluding hydrogens is 410 g/mol. The van der Waals surface area contributed by atoms with Gasteiger partial charge < -0.3 is 15.5 Å². The number of anilines is 1. The molecule has 1 aliphatic rings. The first-order valence-electron chi connectivity index (χ1n) is 10.7. The number of nitrogens with two attached hydrogens (primary N) is 1. The van der Waals surface area contributed by atoms with Gasteiger partial charge in [-0.25, -0.2) is 0 Å². The van der Waals surface area contributed by atoms with Gasteiger partial charge in [-0.15, -0.1) is 10.2 Å². The van der Waals surface area contributed by atoms with Crippen LogP contribution in [0, 0.1) is 5.92 Å². The van der Waals surface area contributed by atoms with Crippen molar-refractivity contribution in [3.05, 3.63) is 53.6 Å². The van der Waals surface area contributed by atoms with Crippen molar-refractivity contribution in [2.75, 3.05) is 24.5 Å². The van der Waals surface area contributed by atoms with E-state index in [2.05, 4.69) is 34.2 Å². The second kappa shape index (κ2) is 8.81. The maximum atomic E-state index is 12.7. The Labute approximate surface area is 188 Å². The SMILES string of the molecule is CC(C)[C@H](N)C(=O)N1CCN(c2nnc(-c3ccc(Cl)cc3)c3ccccc23)[C@@H](C)C1. The lowest BCUT2D eigenvalue weighted by Crippen LogP contribution is -2.57. The number of fused-ring (bicyclic) bond motifs is 1. The van der Waals surface area contributed by atoms with Gasteiger partial charge in [0.2, 0.25) is 5.91 Å². The molecule has 4 rings (SSSR count). The van der Waals surface area contributed by atoms with Crippen LogP contribution in [0.1, 0.15) is 20.8 Å². The van der Waals surface area contributed by atoms with E-state index in [0.717, 1.165) is 27.8 Å². The summed E-state index contributed by atoms with van der Waals surface area (Å²) in [6.45, 7) is 8.01. The number of aromatic nitrogens is 2. The Morgan fingerprint density at radius 1 is 1.06 bits per heavy atom. The normalized spacial score (nSPS) is 17.9. The van der Waals surface area contributed by atoms with Gasteiger partial charge in [-0.3, -0.25) is 4.79 Å². The molecular formula is C24H28ClN5O. The Hall–Kier alpha value is -2.70. The Bertz CT molecular complexity index is 1090. The van der Waals surface area contributed by atoms with E-state index in [1.54, 1.807) is 0 Å². The van der Waals surface area contributed by atoms with Crippen LogP contribution in [0.15, 0.2) is 48.5 Å². The van der Waals surface area contributed by atoms with Gasteiger partial charge in [0.15, 0.2) is 5.82 Å². The van der Waals surface area contributed by atoms with Crippen LogP contribution < -0.4 is 10.6 Å². The Kier molecular flexibility index (Phi) is 6.12. The quantitative estimate of drug-likeness (QED) is 0.668. The second-order valence-electron chi connectivity index (χ2n) is 8.52. The first-order valence-corrected chi connectivity index (χ1v) is 11.1. The number of hydrogen-bond acceptors (Lipinski definition) is 5. The van der Waals surface area contributed by atoms with Crippen molar-refractivity contribution in [1.82, 2.24) is 15.1 Å². The zero-order valence-corrected chi connectivity index (χ0v) is 18.9. The topological polar surface area (TPSA) is 75.4 Å². The molecule has 0 unspecified atom stereocenters. The smallest absolute Gasteiger partial charge is 0.239 e. The number of benzene rings is 2. The van der Waals surface area contributed by atoms with Crippen LogP contribution >= 0.6 is 11.6 Å². The Morgan fingerprint density at radius 3 is 2.39 bits per heavy atom. The minimum Gasteiger partial charge on any atom is -0.348 e. The lowest BCUT2D eigenvalue weighted by molar-refractivity contribution is -0.134. The lowest BCUT2D eigenvalue weighted by Gasteiger charge is -2.41. The van der Waals surface area contributed by atoms with Gasteiger partial charge in [0, 0.05) is 47.0 Å². The fourth-order valence-corrected chi connectivity index (χ4v) is 4.22. The molecule has 162 valence electrons. The predicted octanol–water partition coefficient (Wildman–Crippen LogP) is 3.97. The summed E-state index contributed by atoms with van der Waals surface area (Å²) in [5.41, 5.74) is 7.91. The van der Waals surface area contributed by atoms with Gasteiger partial charge in [-0.05, 0) is 25.0 Å². The number of hydrogen-bond donors (Lipinski definition) is 1. The van der Waals surface area contributed by atoms with E-state index in [1.165, 1.54) is 0 Å². The molecule has 7 heteroatoms. The van der Waals surface area contributed by atoms with Crippen LogP contribution in [-0.2, 0) is 4.79 Å². The monoisotopic (exact) mass is 437 g/mol. The van der Waals surface area contributed by atoms with Crippen LogP contribution in [0.2, 0.25) is 5.02 Å². The van der Waals surface area contributed by atoms with Gasteiger partial charge in [0.05, 0.1) is 6.04 Å². The van der Waals surface area contributed by atoms with E-state index in [0.29, 0.717) is 24.7 Å². The molecule has 0 radical (unpaired) electrons. The third-order valence-corrected chi connectivity index (χ3v) is 6.25. The third-order valence-electron chi connectivity index (χ3n) is 6.00. The van der Waals surface area contributed by atoms with Gasteiger partial charge in [-0.2, -0.15) is 0 Å². The van der Waals surface area contributed by atoms with Crippen LogP contribution in [-0.4, -0.2) is 52.7 Å². The molecule has 1 saturated heterocycles. The largest absolute Gasteiger partial charge is 0.348 e. The van der Waals surface area contributed by atoms with E-state index in [-0.39, 0.29) is 17.9 Å². The van der Waals surface area contributed by atoms with E-state index in [1.807, 2.05) is 55.1 Å². The van der Waals surface area contributed by atoms with Crippen molar-refractivity contribution in [3.8, 4) is 11.3 Å². The lowest BCUT2D eigenvalue weighted by atomic mass is 10.0. The van der Waals surface area contributed by atoms with E-state index in [4.69, 9.17) is 17.3 Å². The van der Waals surface area contributed by atoms with Crippen LogP contribution in [0.25, 0.3) is 22.0 Å². The molecule has 1 amide bonds. The minimum absolute atomic E-state index is 0.0236. The van der Waals surface area contributed by atoms with Crippen LogP contribution in [0.5, 0.6) is 0 Å². The molecule has 2 aromatic carbocycles. The first-order chi connectivity index (χ1) is 14.9. The summed E-state index contributed by atoms with van der Waals surface area (Å²) >= 11 is 6.05. The zero-order valence-electron chi connectivity index (χ0n) is 18.1. The maximum Gasteiger partial charge on any atom is 0.239 e. The first kappa shape index (κ1) is 21.5. The van der Waals surface area contributed by atoms with Gasteiger partial charge in [0.25, 0.3) is 0 Å². The summed E-state index contributed by atoms with van der Waals surface area (Å²) in [7, 11) is 0. The number of nitrogens with zero attached hydrogens (tertiary/aromatic N) is 4. The minimum atomic E-state index is -0.460. The van der Waals surface area contributed by atoms with Crippen LogP contribution in [0.3, 0.4) is 0 Å². The highest BCUT2D eigenvalue weighted by Gasteiger charge is 2.32. The number of carbonyl (C=O) groups excluding carboxylic acids is 1. The van der Waals surface area contributed by atoms with Crippen molar-refractivity contribution in [3.63, 3.8) is 0 Å². The Balaban J connectivity index is 1.64. The van der Waals surface area contributed by atoms with E-state index in [9.17, 15) is 4.79 Å². The number of rotatable bonds is 4. The third kappa shape index (κ3) is 4.23. The summed E-state index contributed by atoms with van der Waals surface area (Å²) in [4.78, 5) is 16.8. The predicted molar refractivity (Wildman–Crippen MR) is 126 cm³/mol. The number of carbonyl (C=O) groups is 1. The average molecular weight is 438 g/mol. The summed E-state index contributed by atoms with van der Waals surface area (Å²) in [5.74, 6) is 0.993. The molecule has 0 bridgehead atoms. The molecule has 0 aliphatic carbocycles. The molecule has 6 nitrogen and oxygen atoms in total. The number of piperazine rings is 1. The van der Waals surface area contributed by atoms with Crippen molar-refractivity contribution in [2.45, 2.75) is 32.9 Å². The summed E-state index contributed by atoms with van der Waals surface area (Å²) in [6.07, 6.45) is 0. The fourth-order valence-electron chi connectivity index (χ4n) is 4.09. The number of amides is 1. The molecule has 2 heterocycles. The van der Waals surface area contributed by atoms with Crippen molar-refractivity contribution < 1.29 is 4.79 Å². The molecule has 2 N–H and O–H groups in total. The van der Waals surface area contributed by atoms with E-state index >= 15 is 0 Å². The molecule has 3 aromatic rings. The zero-order chi connectivity index (χ0) is 22.1. The summed E-state index contributed by atoms with van der Waals surface area (Å²) in [6, 6.07) is 15.5. The van der Waals surface area contributed by atoms with Gasteiger partial charge in [-0.1, -0.05) is 61.8 Å². The number of halogens is 1. The molecule has 31 heavy (non-hydrogen) atoms. The highest BCUT2D eigenvalue weighted by Crippen LogP contribution is 2.33. The highest BCUT2D eigenvalue weighted by molar-refractivity contribution is 6.30. The van der Waals surface area contributed by atoms with E-state index < -0.39 is 6.04 Å². The van der Waals surface area contributed by atoms with Crippen LogP contribution in [0.4, 0.5) is 5.82 Å². The van der Waals surface area contributed by atoms with Crippen molar-refractivity contribution in [1.29, 1.82) is 0 Å². The van der Waals surface area contributed by atoms with Gasteiger partial charge >= 0.3 is 0 Å². The fraction of sp³-hybridized carbons (Fsp3) is 0.375. The van der Waals surface area contributed by atoms with Crippen molar-refractivity contribution in [2.24, 2.45) is 11.7 Å². The molecule has 1 fully saturated rings. The molecule has 1 aromatic heterocycles. The summed E-state index contributed by atoms with van der Waals surface area (Å²) < 4.78 is 0. The molecule has 0 spiro atoms. The highest BCUT2D eigenvalue weighted by atomic mass is 35.5. The molecule has 0 saturated carbocycles. The van der Waals surface area contributed by atoms with Gasteiger partial charge in [0.1, 0.15) is 5.69 Å². The maximum absolute atomic E-state index is 12.7. The molecule has 1 aliphatic heterocycles. The average Bonchev–Trinajstić information content (AvgIpc) is 2.78.